The van der Waals surface area contributed by atoms with Gasteiger partial charge in [0.25, 0.3) is 0 Å². The Hall–Kier alpha value is 0.310. The van der Waals surface area contributed by atoms with Crippen LogP contribution in [0.5, 0.6) is 0 Å². The molecule has 19 heavy (non-hydrogen) atoms. The maximum absolute atomic E-state index is 3.84. The summed E-state index contributed by atoms with van der Waals surface area (Å²) < 4.78 is 0. The fourth-order valence-corrected chi connectivity index (χ4v) is 5.77. The largest absolute Gasteiger partial charge is 0.313 e. The molecular formula is C17H33NS. The van der Waals surface area contributed by atoms with Crippen molar-refractivity contribution in [3.8, 4) is 0 Å². The van der Waals surface area contributed by atoms with Crippen molar-refractivity contribution < 1.29 is 0 Å². The van der Waals surface area contributed by atoms with Gasteiger partial charge >= 0.3 is 0 Å². The maximum Gasteiger partial charge on any atom is 0.0227 e. The number of hydrogen-bond acceptors (Lipinski definition) is 2. The van der Waals surface area contributed by atoms with E-state index in [1.807, 2.05) is 0 Å². The molecule has 2 aliphatic carbocycles. The molecule has 2 aliphatic rings. The Morgan fingerprint density at radius 1 is 1.11 bits per heavy atom. The predicted octanol–water partition coefficient (Wildman–Crippen LogP) is 4.71. The lowest BCUT2D eigenvalue weighted by molar-refractivity contribution is 0.249. The van der Waals surface area contributed by atoms with Crippen molar-refractivity contribution >= 4 is 11.8 Å². The van der Waals surface area contributed by atoms with Gasteiger partial charge in [0.2, 0.25) is 0 Å². The first-order valence-corrected chi connectivity index (χ1v) is 9.60. The molecule has 1 N–H and O–H groups in total. The summed E-state index contributed by atoms with van der Waals surface area (Å²) in [5.41, 5.74) is 0. The molecule has 4 atom stereocenters. The van der Waals surface area contributed by atoms with E-state index in [0.717, 1.165) is 29.0 Å². The third-order valence-corrected chi connectivity index (χ3v) is 6.89. The average Bonchev–Trinajstić information content (AvgIpc) is 2.88. The summed E-state index contributed by atoms with van der Waals surface area (Å²) in [6.07, 6.45) is 10.1. The van der Waals surface area contributed by atoms with Gasteiger partial charge in [-0.1, -0.05) is 33.6 Å². The smallest absolute Gasteiger partial charge is 0.0227 e. The van der Waals surface area contributed by atoms with Crippen LogP contribution < -0.4 is 5.32 Å². The van der Waals surface area contributed by atoms with Crippen LogP contribution in [0.15, 0.2) is 0 Å². The van der Waals surface area contributed by atoms with Gasteiger partial charge < -0.3 is 5.32 Å². The Kier molecular flexibility index (Phi) is 6.55. The Balaban J connectivity index is 1.84. The summed E-state index contributed by atoms with van der Waals surface area (Å²) in [5, 5.41) is 4.70. The molecular weight excluding hydrogens is 250 g/mol. The molecule has 2 rings (SSSR count). The Morgan fingerprint density at radius 3 is 2.53 bits per heavy atom. The lowest BCUT2D eigenvalue weighted by Crippen LogP contribution is -2.46. The molecule has 0 radical (unpaired) electrons. The Labute approximate surface area is 124 Å². The minimum atomic E-state index is 0.769. The van der Waals surface area contributed by atoms with Crippen molar-refractivity contribution in [2.75, 3.05) is 12.3 Å². The predicted molar refractivity (Wildman–Crippen MR) is 87.8 cm³/mol. The van der Waals surface area contributed by atoms with Gasteiger partial charge in [-0.15, -0.1) is 0 Å². The third kappa shape index (κ3) is 4.67. The van der Waals surface area contributed by atoms with Crippen molar-refractivity contribution in [1.82, 2.24) is 5.32 Å². The molecule has 0 aromatic heterocycles. The molecule has 0 aliphatic heterocycles. The van der Waals surface area contributed by atoms with Crippen LogP contribution in [-0.4, -0.2) is 23.6 Å². The molecule has 0 amide bonds. The number of hydrogen-bond donors (Lipinski definition) is 1. The van der Waals surface area contributed by atoms with Crippen LogP contribution in [0.1, 0.15) is 65.7 Å². The quantitative estimate of drug-likeness (QED) is 0.757. The Bertz CT molecular complexity index is 250. The molecule has 0 aromatic carbocycles. The lowest BCUT2D eigenvalue weighted by atomic mass is 9.80. The van der Waals surface area contributed by atoms with Crippen molar-refractivity contribution in [2.45, 2.75) is 77.0 Å². The fraction of sp³-hybridized carbons (Fsp3) is 1.00. The molecule has 2 fully saturated rings. The van der Waals surface area contributed by atoms with E-state index in [1.54, 1.807) is 0 Å². The Morgan fingerprint density at radius 2 is 1.84 bits per heavy atom. The summed E-state index contributed by atoms with van der Waals surface area (Å²) >= 11 is 2.30. The second kappa shape index (κ2) is 7.93. The van der Waals surface area contributed by atoms with Crippen molar-refractivity contribution in [3.05, 3.63) is 0 Å². The van der Waals surface area contributed by atoms with Crippen LogP contribution in [0.25, 0.3) is 0 Å². The molecule has 0 heterocycles. The summed E-state index contributed by atoms with van der Waals surface area (Å²) in [7, 11) is 0. The molecule has 2 heteroatoms. The highest BCUT2D eigenvalue weighted by molar-refractivity contribution is 8.00. The highest BCUT2D eigenvalue weighted by Gasteiger charge is 2.34. The molecule has 0 saturated heterocycles. The first-order chi connectivity index (χ1) is 9.20. The van der Waals surface area contributed by atoms with E-state index in [0.29, 0.717) is 0 Å². The molecule has 0 bridgehead atoms. The van der Waals surface area contributed by atoms with Gasteiger partial charge in [0.05, 0.1) is 0 Å². The first-order valence-electron chi connectivity index (χ1n) is 8.55. The van der Waals surface area contributed by atoms with E-state index in [2.05, 4.69) is 37.8 Å². The van der Waals surface area contributed by atoms with Gasteiger partial charge in [-0.05, 0) is 62.2 Å². The minimum absolute atomic E-state index is 0.769. The second-order valence-corrected chi connectivity index (χ2v) is 8.27. The van der Waals surface area contributed by atoms with E-state index in [-0.39, 0.29) is 0 Å². The van der Waals surface area contributed by atoms with Gasteiger partial charge in [-0.25, -0.2) is 0 Å². The summed E-state index contributed by atoms with van der Waals surface area (Å²) in [6.45, 7) is 8.41. The molecule has 2 saturated carbocycles. The molecule has 0 aromatic rings. The topological polar surface area (TPSA) is 12.0 Å². The van der Waals surface area contributed by atoms with Gasteiger partial charge in [0.15, 0.2) is 0 Å². The van der Waals surface area contributed by atoms with E-state index in [9.17, 15) is 0 Å². The fourth-order valence-electron chi connectivity index (χ4n) is 4.06. The molecule has 112 valence electrons. The minimum Gasteiger partial charge on any atom is -0.313 e. The maximum atomic E-state index is 3.84. The standard InChI is InChI=1S/C17H33NS/c1-4-9-18-16-11-13(2)10-14(3)17(16)19-12-15-7-5-6-8-15/h13-18H,4-12H2,1-3H3. The van der Waals surface area contributed by atoms with E-state index >= 15 is 0 Å². The highest BCUT2D eigenvalue weighted by atomic mass is 32.2. The van der Waals surface area contributed by atoms with Gasteiger partial charge in [-0.2, -0.15) is 11.8 Å². The summed E-state index contributed by atoms with van der Waals surface area (Å²) in [4.78, 5) is 0. The normalized spacial score (nSPS) is 36.8. The number of rotatable bonds is 6. The highest BCUT2D eigenvalue weighted by Crippen LogP contribution is 2.39. The average molecular weight is 284 g/mol. The third-order valence-electron chi connectivity index (χ3n) is 5.04. The lowest BCUT2D eigenvalue weighted by Gasteiger charge is -2.40. The van der Waals surface area contributed by atoms with Gasteiger partial charge in [-0.3, -0.25) is 0 Å². The number of thioether (sulfide) groups is 1. The zero-order valence-electron chi connectivity index (χ0n) is 13.2. The molecule has 1 nitrogen and oxygen atoms in total. The van der Waals surface area contributed by atoms with Crippen LogP contribution in [0.4, 0.5) is 0 Å². The van der Waals surface area contributed by atoms with Crippen molar-refractivity contribution in [1.29, 1.82) is 0 Å². The summed E-state index contributed by atoms with van der Waals surface area (Å²) in [5.74, 6) is 4.26. The first kappa shape index (κ1) is 15.7. The summed E-state index contributed by atoms with van der Waals surface area (Å²) in [6, 6.07) is 0.769. The van der Waals surface area contributed by atoms with E-state index in [1.165, 1.54) is 57.2 Å². The van der Waals surface area contributed by atoms with E-state index in [4.69, 9.17) is 0 Å². The van der Waals surface area contributed by atoms with E-state index < -0.39 is 0 Å². The molecule has 0 spiro atoms. The number of nitrogens with one attached hydrogen (secondary N) is 1. The van der Waals surface area contributed by atoms with Crippen LogP contribution in [-0.2, 0) is 0 Å². The van der Waals surface area contributed by atoms with Crippen LogP contribution >= 0.6 is 11.8 Å². The molecule has 4 unspecified atom stereocenters. The van der Waals surface area contributed by atoms with Crippen LogP contribution in [0.2, 0.25) is 0 Å². The van der Waals surface area contributed by atoms with Gasteiger partial charge in [0.1, 0.15) is 0 Å². The zero-order valence-corrected chi connectivity index (χ0v) is 14.0. The second-order valence-electron chi connectivity index (χ2n) is 7.06. The SMILES string of the molecule is CCCNC1CC(C)CC(C)C1SCC1CCCC1. The van der Waals surface area contributed by atoms with Crippen molar-refractivity contribution in [3.63, 3.8) is 0 Å². The monoisotopic (exact) mass is 283 g/mol. The van der Waals surface area contributed by atoms with Crippen LogP contribution in [0.3, 0.4) is 0 Å². The van der Waals surface area contributed by atoms with Gasteiger partial charge in [0, 0.05) is 11.3 Å². The zero-order chi connectivity index (χ0) is 13.7. The van der Waals surface area contributed by atoms with Crippen molar-refractivity contribution in [2.24, 2.45) is 17.8 Å². The van der Waals surface area contributed by atoms with Crippen LogP contribution in [0, 0.1) is 17.8 Å².